The summed E-state index contributed by atoms with van der Waals surface area (Å²) >= 11 is 0. The smallest absolute Gasteiger partial charge is 0.253 e. The number of amides is 2. The lowest BCUT2D eigenvalue weighted by Crippen LogP contribution is -2.33. The number of anilines is 1. The van der Waals surface area contributed by atoms with E-state index in [1.807, 2.05) is 55.1 Å². The highest BCUT2D eigenvalue weighted by Gasteiger charge is 2.30. The Bertz CT molecular complexity index is 848. The van der Waals surface area contributed by atoms with Crippen molar-refractivity contribution in [1.29, 1.82) is 0 Å². The molecule has 6 heteroatoms. The summed E-state index contributed by atoms with van der Waals surface area (Å²) in [7, 11) is 1.79. The van der Waals surface area contributed by atoms with Crippen LogP contribution in [0.1, 0.15) is 29.4 Å². The number of carbonyl (C=O) groups excluding carboxylic acids is 2. The second kappa shape index (κ2) is 7.78. The Morgan fingerprint density at radius 2 is 1.96 bits per heavy atom. The molecule has 1 atom stereocenters. The van der Waals surface area contributed by atoms with E-state index >= 15 is 0 Å². The van der Waals surface area contributed by atoms with Crippen molar-refractivity contribution in [2.75, 3.05) is 32.4 Å². The molecule has 0 radical (unpaired) electrons. The predicted molar refractivity (Wildman–Crippen MR) is 106 cm³/mol. The molecule has 0 saturated carbocycles. The van der Waals surface area contributed by atoms with Crippen LogP contribution in [0.25, 0.3) is 11.1 Å². The Kier molecular flexibility index (Phi) is 5.44. The molecule has 1 aromatic heterocycles. The fourth-order valence-corrected chi connectivity index (χ4v) is 3.59. The normalized spacial score (nSPS) is 16.6. The molecule has 1 aliphatic heterocycles. The van der Waals surface area contributed by atoms with Gasteiger partial charge in [-0.2, -0.15) is 0 Å². The lowest BCUT2D eigenvalue weighted by atomic mass is 10.0. The number of benzene rings is 1. The van der Waals surface area contributed by atoms with Crippen LogP contribution in [0.2, 0.25) is 0 Å². The van der Waals surface area contributed by atoms with E-state index in [0.29, 0.717) is 24.3 Å². The molecule has 2 amide bonds. The van der Waals surface area contributed by atoms with Crippen LogP contribution >= 0.6 is 0 Å². The van der Waals surface area contributed by atoms with E-state index in [2.05, 4.69) is 4.98 Å². The number of nitrogens with two attached hydrogens (primary N) is 1. The van der Waals surface area contributed by atoms with Crippen molar-refractivity contribution >= 4 is 17.6 Å². The SMILES string of the molecule is CCN1CC(CN(C)C(=O)c2ccc(-c3ccc(C)nc3N)cc2)CC1=O. The maximum absolute atomic E-state index is 12.7. The average Bonchev–Trinajstić information content (AvgIpc) is 3.00. The Hall–Kier alpha value is -2.89. The number of carbonyl (C=O) groups is 2. The molecular formula is C21H26N4O2. The highest BCUT2D eigenvalue weighted by molar-refractivity contribution is 5.94. The molecule has 142 valence electrons. The van der Waals surface area contributed by atoms with Gasteiger partial charge in [0, 0.05) is 55.8 Å². The molecule has 0 bridgehead atoms. The molecule has 1 fully saturated rings. The molecule has 2 heterocycles. The zero-order valence-electron chi connectivity index (χ0n) is 16.1. The van der Waals surface area contributed by atoms with Crippen molar-refractivity contribution in [3.05, 3.63) is 47.7 Å². The van der Waals surface area contributed by atoms with Crippen molar-refractivity contribution in [1.82, 2.24) is 14.8 Å². The van der Waals surface area contributed by atoms with Gasteiger partial charge in [-0.25, -0.2) is 4.98 Å². The number of rotatable bonds is 5. The van der Waals surface area contributed by atoms with Crippen LogP contribution in [0.3, 0.4) is 0 Å². The molecule has 1 saturated heterocycles. The first-order chi connectivity index (χ1) is 12.9. The van der Waals surface area contributed by atoms with E-state index in [1.54, 1.807) is 11.9 Å². The third-order valence-corrected chi connectivity index (χ3v) is 5.06. The van der Waals surface area contributed by atoms with Crippen LogP contribution < -0.4 is 5.73 Å². The minimum absolute atomic E-state index is 0.0426. The Morgan fingerprint density at radius 1 is 1.26 bits per heavy atom. The summed E-state index contributed by atoms with van der Waals surface area (Å²) in [6.07, 6.45) is 0.518. The van der Waals surface area contributed by atoms with Gasteiger partial charge in [-0.1, -0.05) is 12.1 Å². The van der Waals surface area contributed by atoms with Crippen LogP contribution in [-0.4, -0.2) is 53.3 Å². The summed E-state index contributed by atoms with van der Waals surface area (Å²) in [5, 5.41) is 0. The molecule has 27 heavy (non-hydrogen) atoms. The van der Waals surface area contributed by atoms with E-state index in [1.165, 1.54) is 0 Å². The number of likely N-dealkylation sites (tertiary alicyclic amines) is 1. The predicted octanol–water partition coefficient (Wildman–Crippen LogP) is 2.58. The maximum Gasteiger partial charge on any atom is 0.253 e. The van der Waals surface area contributed by atoms with Crippen LogP contribution in [0.4, 0.5) is 5.82 Å². The van der Waals surface area contributed by atoms with Crippen LogP contribution in [-0.2, 0) is 4.79 Å². The summed E-state index contributed by atoms with van der Waals surface area (Å²) in [6.45, 7) is 5.91. The largest absolute Gasteiger partial charge is 0.383 e. The fourth-order valence-electron chi connectivity index (χ4n) is 3.59. The number of hydrogen-bond donors (Lipinski definition) is 1. The van der Waals surface area contributed by atoms with Gasteiger partial charge in [0.05, 0.1) is 0 Å². The van der Waals surface area contributed by atoms with E-state index in [4.69, 9.17) is 5.73 Å². The van der Waals surface area contributed by atoms with E-state index < -0.39 is 0 Å². The minimum atomic E-state index is -0.0426. The van der Waals surface area contributed by atoms with Crippen molar-refractivity contribution in [2.24, 2.45) is 5.92 Å². The second-order valence-electron chi connectivity index (χ2n) is 7.15. The number of nitrogens with zero attached hydrogens (tertiary/aromatic N) is 3. The van der Waals surface area contributed by atoms with Gasteiger partial charge in [-0.15, -0.1) is 0 Å². The summed E-state index contributed by atoms with van der Waals surface area (Å²) in [6, 6.07) is 11.3. The zero-order chi connectivity index (χ0) is 19.6. The Morgan fingerprint density at radius 3 is 2.56 bits per heavy atom. The molecule has 0 spiro atoms. The van der Waals surface area contributed by atoms with Crippen LogP contribution in [0.5, 0.6) is 0 Å². The van der Waals surface area contributed by atoms with Crippen molar-refractivity contribution < 1.29 is 9.59 Å². The van der Waals surface area contributed by atoms with Gasteiger partial charge in [0.2, 0.25) is 5.91 Å². The highest BCUT2D eigenvalue weighted by Crippen LogP contribution is 2.25. The zero-order valence-corrected chi connectivity index (χ0v) is 16.1. The summed E-state index contributed by atoms with van der Waals surface area (Å²) in [5.74, 6) is 0.817. The van der Waals surface area contributed by atoms with Crippen LogP contribution in [0, 0.1) is 12.8 Å². The molecule has 2 N–H and O–H groups in total. The van der Waals surface area contributed by atoms with Gasteiger partial charge < -0.3 is 15.5 Å². The number of nitrogen functional groups attached to an aromatic ring is 1. The molecule has 1 unspecified atom stereocenters. The summed E-state index contributed by atoms with van der Waals surface area (Å²) in [5.41, 5.74) is 9.29. The third kappa shape index (κ3) is 4.10. The van der Waals surface area contributed by atoms with E-state index in [0.717, 1.165) is 29.9 Å². The molecule has 0 aliphatic carbocycles. The number of pyridine rings is 1. The lowest BCUT2D eigenvalue weighted by molar-refractivity contribution is -0.127. The summed E-state index contributed by atoms with van der Waals surface area (Å²) in [4.78, 5) is 32.4. The van der Waals surface area contributed by atoms with Crippen LogP contribution in [0.15, 0.2) is 36.4 Å². The fraction of sp³-hybridized carbons (Fsp3) is 0.381. The number of aryl methyl sites for hydroxylation is 1. The van der Waals surface area contributed by atoms with Gasteiger partial charge in [0.15, 0.2) is 0 Å². The first-order valence-electron chi connectivity index (χ1n) is 9.25. The van der Waals surface area contributed by atoms with E-state index in [9.17, 15) is 9.59 Å². The third-order valence-electron chi connectivity index (χ3n) is 5.06. The lowest BCUT2D eigenvalue weighted by Gasteiger charge is -2.21. The molecular weight excluding hydrogens is 340 g/mol. The monoisotopic (exact) mass is 366 g/mol. The van der Waals surface area contributed by atoms with Crippen molar-refractivity contribution in [3.8, 4) is 11.1 Å². The Labute approximate surface area is 160 Å². The van der Waals surface area contributed by atoms with Gasteiger partial charge in [0.1, 0.15) is 5.82 Å². The first-order valence-corrected chi connectivity index (χ1v) is 9.25. The highest BCUT2D eigenvalue weighted by atomic mass is 16.2. The molecule has 3 rings (SSSR count). The van der Waals surface area contributed by atoms with Gasteiger partial charge in [0.25, 0.3) is 5.91 Å². The average molecular weight is 366 g/mol. The molecule has 6 nitrogen and oxygen atoms in total. The quantitative estimate of drug-likeness (QED) is 0.882. The topological polar surface area (TPSA) is 79.5 Å². The number of aromatic nitrogens is 1. The van der Waals surface area contributed by atoms with Gasteiger partial charge >= 0.3 is 0 Å². The maximum atomic E-state index is 12.7. The van der Waals surface area contributed by atoms with Crippen molar-refractivity contribution in [3.63, 3.8) is 0 Å². The van der Waals surface area contributed by atoms with Gasteiger partial charge in [-0.3, -0.25) is 9.59 Å². The van der Waals surface area contributed by atoms with E-state index in [-0.39, 0.29) is 17.7 Å². The van der Waals surface area contributed by atoms with Crippen molar-refractivity contribution in [2.45, 2.75) is 20.3 Å². The summed E-state index contributed by atoms with van der Waals surface area (Å²) < 4.78 is 0. The first kappa shape index (κ1) is 18.9. The minimum Gasteiger partial charge on any atom is -0.383 e. The molecule has 1 aliphatic rings. The van der Waals surface area contributed by atoms with Gasteiger partial charge in [-0.05, 0) is 43.7 Å². The standard InChI is InChI=1S/C21H26N4O2/c1-4-25-13-15(11-19(25)26)12-24(3)21(27)17-8-6-16(7-9-17)18-10-5-14(2)23-20(18)22/h5-10,15H,4,11-13H2,1-3H3,(H2,22,23). The second-order valence-corrected chi connectivity index (χ2v) is 7.15. The molecule has 1 aromatic carbocycles. The Balaban J connectivity index is 1.67. The molecule has 2 aromatic rings. The number of hydrogen-bond acceptors (Lipinski definition) is 4.